The maximum absolute atomic E-state index is 12.3. The molecule has 1 N–H and O–H groups in total. The molecule has 5 rings (SSSR count). The van der Waals surface area contributed by atoms with Gasteiger partial charge >= 0.3 is 6.09 Å². The van der Waals surface area contributed by atoms with Crippen molar-refractivity contribution in [1.82, 2.24) is 14.9 Å². The van der Waals surface area contributed by atoms with Gasteiger partial charge in [0.25, 0.3) is 0 Å². The van der Waals surface area contributed by atoms with E-state index in [0.717, 1.165) is 46.5 Å². The summed E-state index contributed by atoms with van der Waals surface area (Å²) < 4.78 is 5.50. The number of carbonyl (C=O) groups is 1. The van der Waals surface area contributed by atoms with Crippen molar-refractivity contribution in [2.24, 2.45) is 0 Å². The van der Waals surface area contributed by atoms with Gasteiger partial charge in [0.15, 0.2) is 0 Å². The molecule has 7 heteroatoms. The van der Waals surface area contributed by atoms with Gasteiger partial charge in [-0.15, -0.1) is 0 Å². The summed E-state index contributed by atoms with van der Waals surface area (Å²) in [5.41, 5.74) is 4.69. The lowest BCUT2D eigenvalue weighted by Crippen LogP contribution is -2.50. The minimum Gasteiger partial charge on any atom is -0.444 e. The highest BCUT2D eigenvalue weighted by Gasteiger charge is 2.25. The zero-order valence-corrected chi connectivity index (χ0v) is 20.9. The van der Waals surface area contributed by atoms with Gasteiger partial charge in [0, 0.05) is 54.7 Å². The molecule has 1 fully saturated rings. The summed E-state index contributed by atoms with van der Waals surface area (Å²) in [5.74, 6) is 0.560. The van der Waals surface area contributed by atoms with Crippen LogP contribution in [0.4, 0.5) is 22.1 Å². The molecule has 0 radical (unpaired) electrons. The van der Waals surface area contributed by atoms with E-state index in [4.69, 9.17) is 9.72 Å². The molecule has 7 nitrogen and oxygen atoms in total. The molecule has 184 valence electrons. The highest BCUT2D eigenvalue weighted by molar-refractivity contribution is 5.93. The average Bonchev–Trinajstić information content (AvgIpc) is 2.88. The van der Waals surface area contributed by atoms with Crippen molar-refractivity contribution in [3.05, 3.63) is 79.0 Å². The van der Waals surface area contributed by atoms with Crippen LogP contribution in [-0.2, 0) is 4.74 Å². The number of fused-ring (bicyclic) bond motifs is 1. The Morgan fingerprint density at radius 2 is 1.61 bits per heavy atom. The second kappa shape index (κ2) is 9.85. The Morgan fingerprint density at radius 3 is 2.31 bits per heavy atom. The Kier molecular flexibility index (Phi) is 6.46. The third-order valence-electron chi connectivity index (χ3n) is 6.12. The second-order valence-electron chi connectivity index (χ2n) is 9.93. The summed E-state index contributed by atoms with van der Waals surface area (Å²) in [6, 6.07) is 24.7. The summed E-state index contributed by atoms with van der Waals surface area (Å²) in [6.07, 6.45) is 1.61. The van der Waals surface area contributed by atoms with Crippen LogP contribution < -0.4 is 10.2 Å². The largest absolute Gasteiger partial charge is 0.444 e. The number of nitrogens with one attached hydrogen (secondary N) is 1. The van der Waals surface area contributed by atoms with E-state index in [1.807, 2.05) is 69.4 Å². The molecule has 0 unspecified atom stereocenters. The van der Waals surface area contributed by atoms with Crippen molar-refractivity contribution in [2.45, 2.75) is 26.4 Å². The highest BCUT2D eigenvalue weighted by Crippen LogP contribution is 2.28. The van der Waals surface area contributed by atoms with Gasteiger partial charge in [0.05, 0.1) is 5.52 Å². The number of hydrogen-bond donors (Lipinski definition) is 1. The van der Waals surface area contributed by atoms with Crippen LogP contribution in [0.1, 0.15) is 20.8 Å². The molecular formula is C29H31N5O2. The summed E-state index contributed by atoms with van der Waals surface area (Å²) >= 11 is 0. The average molecular weight is 482 g/mol. The van der Waals surface area contributed by atoms with Gasteiger partial charge in [0.1, 0.15) is 5.60 Å². The monoisotopic (exact) mass is 481 g/mol. The van der Waals surface area contributed by atoms with E-state index >= 15 is 0 Å². The number of para-hydroxylation sites is 1. The smallest absolute Gasteiger partial charge is 0.410 e. The Morgan fingerprint density at radius 1 is 0.889 bits per heavy atom. The van der Waals surface area contributed by atoms with Gasteiger partial charge in [-0.1, -0.05) is 48.5 Å². The Labute approximate surface area is 211 Å². The van der Waals surface area contributed by atoms with Gasteiger partial charge in [-0.05, 0) is 50.6 Å². The lowest BCUT2D eigenvalue weighted by molar-refractivity contribution is 0.0240. The van der Waals surface area contributed by atoms with Crippen molar-refractivity contribution in [1.29, 1.82) is 0 Å². The van der Waals surface area contributed by atoms with Gasteiger partial charge in [0.2, 0.25) is 5.95 Å². The van der Waals surface area contributed by atoms with E-state index in [1.165, 1.54) is 0 Å². The quantitative estimate of drug-likeness (QED) is 0.380. The van der Waals surface area contributed by atoms with Gasteiger partial charge in [-0.25, -0.2) is 14.8 Å². The van der Waals surface area contributed by atoms with Crippen LogP contribution in [0, 0.1) is 0 Å². The van der Waals surface area contributed by atoms with Crippen LogP contribution in [0.3, 0.4) is 0 Å². The van der Waals surface area contributed by atoms with Crippen LogP contribution in [0.25, 0.3) is 22.0 Å². The molecular weight excluding hydrogens is 450 g/mol. The molecule has 1 amide bonds. The minimum absolute atomic E-state index is 0.243. The van der Waals surface area contributed by atoms with Crippen molar-refractivity contribution in [2.75, 3.05) is 36.4 Å². The number of rotatable bonds is 4. The summed E-state index contributed by atoms with van der Waals surface area (Å²) in [5, 5.41) is 4.34. The molecule has 1 aliphatic heterocycles. The molecule has 1 saturated heterocycles. The Hall–Kier alpha value is -4.13. The zero-order chi connectivity index (χ0) is 25.1. The number of benzene rings is 3. The molecule has 2 heterocycles. The summed E-state index contributed by atoms with van der Waals surface area (Å²) in [6.45, 7) is 8.49. The SMILES string of the molecule is CC(C)(C)OC(=O)N1CCN(c2ccc(Nc3ncc4cccc(-c5ccccc5)c4n3)cc2)CC1. The van der Waals surface area contributed by atoms with Crippen molar-refractivity contribution in [3.8, 4) is 11.1 Å². The van der Waals surface area contributed by atoms with Crippen LogP contribution in [-0.4, -0.2) is 52.7 Å². The fraction of sp³-hybridized carbons (Fsp3) is 0.276. The van der Waals surface area contributed by atoms with E-state index < -0.39 is 5.60 Å². The lowest BCUT2D eigenvalue weighted by Gasteiger charge is -2.36. The molecule has 0 spiro atoms. The molecule has 1 aliphatic rings. The maximum Gasteiger partial charge on any atom is 0.410 e. The predicted octanol–water partition coefficient (Wildman–Crippen LogP) is 6.10. The molecule has 4 aromatic rings. The standard InChI is InChI=1S/C29H31N5O2/c1-29(2,3)36-28(35)34-18-16-33(17-19-34)24-14-12-23(13-15-24)31-27-30-20-22-10-7-11-25(26(22)32-27)21-8-5-4-6-9-21/h4-15,20H,16-19H2,1-3H3,(H,30,31,32). The second-order valence-corrected chi connectivity index (χ2v) is 9.93. The van der Waals surface area contributed by atoms with E-state index in [2.05, 4.69) is 45.5 Å². The number of aromatic nitrogens is 2. The normalized spacial score (nSPS) is 14.1. The van der Waals surface area contributed by atoms with Crippen LogP contribution in [0.2, 0.25) is 0 Å². The van der Waals surface area contributed by atoms with Crippen LogP contribution in [0.15, 0.2) is 79.0 Å². The van der Waals surface area contributed by atoms with E-state index in [9.17, 15) is 4.79 Å². The van der Waals surface area contributed by atoms with E-state index in [1.54, 1.807) is 4.90 Å². The molecule has 3 aromatic carbocycles. The Balaban J connectivity index is 1.26. The number of nitrogens with zero attached hydrogens (tertiary/aromatic N) is 4. The van der Waals surface area contributed by atoms with Crippen molar-refractivity contribution in [3.63, 3.8) is 0 Å². The number of hydrogen-bond acceptors (Lipinski definition) is 6. The first-order valence-electron chi connectivity index (χ1n) is 12.3. The first-order chi connectivity index (χ1) is 17.4. The van der Waals surface area contributed by atoms with E-state index in [0.29, 0.717) is 19.0 Å². The summed E-state index contributed by atoms with van der Waals surface area (Å²) in [7, 11) is 0. The van der Waals surface area contributed by atoms with Gasteiger partial charge in [-0.2, -0.15) is 0 Å². The molecule has 1 aromatic heterocycles. The number of carbonyl (C=O) groups excluding carboxylic acids is 1. The lowest BCUT2D eigenvalue weighted by atomic mass is 10.0. The zero-order valence-electron chi connectivity index (χ0n) is 20.9. The maximum atomic E-state index is 12.3. The summed E-state index contributed by atoms with van der Waals surface area (Å²) in [4.78, 5) is 25.7. The van der Waals surface area contributed by atoms with Gasteiger partial charge < -0.3 is 19.9 Å². The van der Waals surface area contributed by atoms with E-state index in [-0.39, 0.29) is 6.09 Å². The molecule has 0 saturated carbocycles. The third-order valence-corrected chi connectivity index (χ3v) is 6.12. The van der Waals surface area contributed by atoms with Gasteiger partial charge in [-0.3, -0.25) is 0 Å². The van der Waals surface area contributed by atoms with Crippen LogP contribution in [0.5, 0.6) is 0 Å². The molecule has 0 atom stereocenters. The highest BCUT2D eigenvalue weighted by atomic mass is 16.6. The fourth-order valence-electron chi connectivity index (χ4n) is 4.33. The number of ether oxygens (including phenoxy) is 1. The van der Waals surface area contributed by atoms with Crippen LogP contribution >= 0.6 is 0 Å². The van der Waals surface area contributed by atoms with Crippen molar-refractivity contribution < 1.29 is 9.53 Å². The van der Waals surface area contributed by atoms with Crippen molar-refractivity contribution >= 4 is 34.3 Å². The first-order valence-corrected chi connectivity index (χ1v) is 12.3. The molecule has 36 heavy (non-hydrogen) atoms. The third kappa shape index (κ3) is 5.40. The minimum atomic E-state index is -0.477. The molecule has 0 bridgehead atoms. The molecule has 0 aliphatic carbocycles. The fourth-order valence-corrected chi connectivity index (χ4v) is 4.33. The predicted molar refractivity (Wildman–Crippen MR) is 145 cm³/mol. The Bertz CT molecular complexity index is 1340. The number of piperazine rings is 1. The first kappa shape index (κ1) is 23.6. The number of amides is 1. The number of anilines is 3. The topological polar surface area (TPSA) is 70.6 Å².